The molecule has 0 bridgehead atoms. The van der Waals surface area contributed by atoms with E-state index in [-0.39, 0.29) is 40.5 Å². The predicted molar refractivity (Wildman–Crippen MR) is 134 cm³/mol. The Morgan fingerprint density at radius 1 is 0.941 bits per heavy atom. The van der Waals surface area contributed by atoms with Gasteiger partial charge in [-0.25, -0.2) is 9.20 Å². The summed E-state index contributed by atoms with van der Waals surface area (Å²) in [6.45, 7) is 6.92. The van der Waals surface area contributed by atoms with Gasteiger partial charge in [0.1, 0.15) is 0 Å². The highest BCUT2D eigenvalue weighted by molar-refractivity contribution is 7.09. The molecule has 0 saturated carbocycles. The van der Waals surface area contributed by atoms with E-state index in [9.17, 15) is 19.5 Å². The molecule has 4 heterocycles. The fourth-order valence-corrected chi connectivity index (χ4v) is 4.99. The summed E-state index contributed by atoms with van der Waals surface area (Å²) in [6, 6.07) is 3.84. The van der Waals surface area contributed by atoms with Crippen LogP contribution in [-0.2, 0) is 26.1 Å². The van der Waals surface area contributed by atoms with Gasteiger partial charge in [0.25, 0.3) is 11.1 Å². The van der Waals surface area contributed by atoms with Gasteiger partial charge < -0.3 is 5.11 Å². The van der Waals surface area contributed by atoms with Crippen LogP contribution in [0.2, 0.25) is 0 Å². The molecule has 0 spiro atoms. The van der Waals surface area contributed by atoms with Crippen LogP contribution in [0, 0.1) is 0 Å². The van der Waals surface area contributed by atoms with Gasteiger partial charge in [0, 0.05) is 18.0 Å². The standard InChI is InChI=1S/C24H31N5O4S/c1-4-7-12-26-19-18(22(32)27(24(26)33)13-8-5-2)29-21(31)17(10-6-3)20(30)28(23(29)25-19)15-16-11-9-14-34-16/h9,11,14,31H,4-8,10,12-13,15H2,1-3H3. The van der Waals surface area contributed by atoms with Crippen LogP contribution in [0.1, 0.15) is 63.3 Å². The molecule has 4 rings (SSSR count). The Balaban J connectivity index is 2.16. The number of aromatic nitrogens is 5. The number of imidazole rings is 1. The van der Waals surface area contributed by atoms with Crippen LogP contribution in [0.4, 0.5) is 0 Å². The van der Waals surface area contributed by atoms with Crippen molar-refractivity contribution in [1.29, 1.82) is 0 Å². The fourth-order valence-electron chi connectivity index (χ4n) is 4.30. The summed E-state index contributed by atoms with van der Waals surface area (Å²) in [4.78, 5) is 45.9. The lowest BCUT2D eigenvalue weighted by Crippen LogP contribution is -2.40. The molecule has 0 aliphatic rings. The van der Waals surface area contributed by atoms with Gasteiger partial charge in [-0.05, 0) is 30.7 Å². The van der Waals surface area contributed by atoms with Crippen molar-refractivity contribution in [3.63, 3.8) is 0 Å². The smallest absolute Gasteiger partial charge is 0.332 e. The third kappa shape index (κ3) is 4.00. The SMILES string of the molecule is CCCCn1c(=O)c2c(nc3n(Cc4cccs4)c(=O)c(CCC)c(O)n23)n(CCCC)c1=O. The van der Waals surface area contributed by atoms with Crippen LogP contribution in [-0.4, -0.2) is 28.2 Å². The van der Waals surface area contributed by atoms with Crippen LogP contribution in [0.15, 0.2) is 31.9 Å². The number of nitrogens with zero attached hydrogens (tertiary/aromatic N) is 5. The molecular weight excluding hydrogens is 454 g/mol. The van der Waals surface area contributed by atoms with Crippen molar-refractivity contribution in [2.45, 2.75) is 78.9 Å². The van der Waals surface area contributed by atoms with Gasteiger partial charge in [0.2, 0.25) is 11.7 Å². The summed E-state index contributed by atoms with van der Waals surface area (Å²) in [6.07, 6.45) is 4.14. The molecule has 4 aromatic rings. The lowest BCUT2D eigenvalue weighted by Gasteiger charge is -2.13. The Kier molecular flexibility index (Phi) is 7.06. The van der Waals surface area contributed by atoms with Gasteiger partial charge in [0.15, 0.2) is 11.2 Å². The lowest BCUT2D eigenvalue weighted by molar-refractivity contribution is 0.433. The van der Waals surface area contributed by atoms with E-state index in [1.807, 2.05) is 38.3 Å². The van der Waals surface area contributed by atoms with Crippen LogP contribution in [0.3, 0.4) is 0 Å². The van der Waals surface area contributed by atoms with Crippen LogP contribution < -0.4 is 16.8 Å². The minimum atomic E-state index is -0.493. The monoisotopic (exact) mass is 485 g/mol. The quantitative estimate of drug-likeness (QED) is 0.371. The molecule has 0 aliphatic carbocycles. The van der Waals surface area contributed by atoms with E-state index in [4.69, 9.17) is 0 Å². The van der Waals surface area contributed by atoms with Crippen molar-refractivity contribution < 1.29 is 5.11 Å². The molecule has 0 amide bonds. The van der Waals surface area contributed by atoms with Gasteiger partial charge in [0.05, 0.1) is 12.1 Å². The second-order valence-electron chi connectivity index (χ2n) is 8.54. The first-order valence-electron chi connectivity index (χ1n) is 12.0. The maximum atomic E-state index is 13.6. The van der Waals surface area contributed by atoms with Gasteiger partial charge in [-0.2, -0.15) is 4.98 Å². The topological polar surface area (TPSA) is 104 Å². The molecule has 0 aromatic carbocycles. The number of aromatic hydroxyl groups is 1. The fraction of sp³-hybridized carbons (Fsp3) is 0.500. The maximum Gasteiger partial charge on any atom is 0.332 e. The summed E-state index contributed by atoms with van der Waals surface area (Å²) in [7, 11) is 0. The van der Waals surface area contributed by atoms with Crippen molar-refractivity contribution in [2.75, 3.05) is 0 Å². The van der Waals surface area contributed by atoms with E-state index in [0.717, 1.165) is 24.1 Å². The van der Waals surface area contributed by atoms with E-state index in [0.29, 0.717) is 32.4 Å². The molecule has 182 valence electrons. The number of hydrogen-bond acceptors (Lipinski definition) is 6. The highest BCUT2D eigenvalue weighted by Gasteiger charge is 2.25. The second-order valence-corrected chi connectivity index (χ2v) is 9.57. The zero-order valence-electron chi connectivity index (χ0n) is 19.9. The Hall–Kier alpha value is -3.14. The van der Waals surface area contributed by atoms with E-state index in [2.05, 4.69) is 4.98 Å². The zero-order valence-corrected chi connectivity index (χ0v) is 20.7. The van der Waals surface area contributed by atoms with Crippen molar-refractivity contribution in [3.05, 3.63) is 59.1 Å². The van der Waals surface area contributed by atoms with Crippen molar-refractivity contribution in [3.8, 4) is 5.88 Å². The summed E-state index contributed by atoms with van der Waals surface area (Å²) in [5.74, 6) is -0.104. The van der Waals surface area contributed by atoms with Gasteiger partial charge >= 0.3 is 5.69 Å². The largest absolute Gasteiger partial charge is 0.494 e. The number of unbranched alkanes of at least 4 members (excludes halogenated alkanes) is 2. The maximum absolute atomic E-state index is 13.6. The first-order valence-corrected chi connectivity index (χ1v) is 12.8. The Bertz CT molecular complexity index is 1490. The first kappa shape index (κ1) is 24.0. The van der Waals surface area contributed by atoms with Crippen molar-refractivity contribution in [2.24, 2.45) is 0 Å². The van der Waals surface area contributed by atoms with Crippen molar-refractivity contribution in [1.82, 2.24) is 23.1 Å². The molecule has 0 fully saturated rings. The molecule has 34 heavy (non-hydrogen) atoms. The van der Waals surface area contributed by atoms with Crippen LogP contribution in [0.25, 0.3) is 16.9 Å². The molecule has 10 heteroatoms. The Morgan fingerprint density at radius 3 is 2.26 bits per heavy atom. The van der Waals surface area contributed by atoms with Crippen LogP contribution >= 0.6 is 11.3 Å². The molecule has 0 unspecified atom stereocenters. The Labute approximate surface area is 200 Å². The molecule has 9 nitrogen and oxygen atoms in total. The first-order chi connectivity index (χ1) is 16.4. The molecule has 1 N–H and O–H groups in total. The molecule has 0 atom stereocenters. The average Bonchev–Trinajstić information content (AvgIpc) is 3.47. The molecular formula is C24H31N5O4S. The third-order valence-electron chi connectivity index (χ3n) is 6.10. The van der Waals surface area contributed by atoms with Gasteiger partial charge in [-0.1, -0.05) is 46.1 Å². The zero-order chi connectivity index (χ0) is 24.4. The summed E-state index contributed by atoms with van der Waals surface area (Å²) in [5.41, 5.74) is -0.631. The Morgan fingerprint density at radius 2 is 1.65 bits per heavy atom. The summed E-state index contributed by atoms with van der Waals surface area (Å²) < 4.78 is 5.63. The molecule has 0 aliphatic heterocycles. The van der Waals surface area contributed by atoms with Gasteiger partial charge in [-0.3, -0.25) is 23.3 Å². The number of rotatable bonds is 10. The summed E-state index contributed by atoms with van der Waals surface area (Å²) >= 11 is 1.52. The number of hydrogen-bond donors (Lipinski definition) is 1. The lowest BCUT2D eigenvalue weighted by atomic mass is 10.2. The highest BCUT2D eigenvalue weighted by Crippen LogP contribution is 2.23. The van der Waals surface area contributed by atoms with E-state index in [1.54, 1.807) is 0 Å². The number of thiophene rings is 1. The second kappa shape index (κ2) is 10.0. The van der Waals surface area contributed by atoms with E-state index < -0.39 is 11.2 Å². The number of aryl methyl sites for hydroxylation is 1. The van der Waals surface area contributed by atoms with Gasteiger partial charge in [-0.15, -0.1) is 11.3 Å². The third-order valence-corrected chi connectivity index (χ3v) is 6.96. The predicted octanol–water partition coefficient (Wildman–Crippen LogP) is 3.34. The van der Waals surface area contributed by atoms with Crippen LogP contribution in [0.5, 0.6) is 5.88 Å². The highest BCUT2D eigenvalue weighted by atomic mass is 32.1. The molecule has 4 aromatic heterocycles. The van der Waals surface area contributed by atoms with E-state index >= 15 is 0 Å². The number of fused-ring (bicyclic) bond motifs is 3. The normalized spacial score (nSPS) is 11.7. The van der Waals surface area contributed by atoms with Crippen molar-refractivity contribution >= 4 is 28.3 Å². The molecule has 0 radical (unpaired) electrons. The van der Waals surface area contributed by atoms with E-state index in [1.165, 1.54) is 29.4 Å². The summed E-state index contributed by atoms with van der Waals surface area (Å²) in [5, 5.41) is 13.1. The minimum Gasteiger partial charge on any atom is -0.494 e. The average molecular weight is 486 g/mol. The minimum absolute atomic E-state index is 0.136. The molecule has 0 saturated heterocycles.